The van der Waals surface area contributed by atoms with Gasteiger partial charge in [0, 0.05) is 42.7 Å². The lowest BCUT2D eigenvalue weighted by Crippen LogP contribution is -2.40. The topological polar surface area (TPSA) is 102 Å². The zero-order chi connectivity index (χ0) is 23.5. The van der Waals surface area contributed by atoms with E-state index < -0.39 is 11.8 Å². The molecular formula is C25H24FN5O2. The van der Waals surface area contributed by atoms with Gasteiger partial charge in [0.05, 0.1) is 12.3 Å². The molecule has 4 rings (SSSR count). The number of hydrogen-bond acceptors (Lipinski definition) is 5. The molecule has 1 aliphatic carbocycles. The van der Waals surface area contributed by atoms with Crippen LogP contribution in [0.1, 0.15) is 34.5 Å². The number of benzene rings is 1. The number of fused-ring (bicyclic) bond motifs is 1. The van der Waals surface area contributed by atoms with Gasteiger partial charge in [-0.2, -0.15) is 0 Å². The van der Waals surface area contributed by atoms with Crippen molar-refractivity contribution in [3.63, 3.8) is 0 Å². The summed E-state index contributed by atoms with van der Waals surface area (Å²) < 4.78 is 13.7. The van der Waals surface area contributed by atoms with Gasteiger partial charge in [0.2, 0.25) is 5.91 Å². The number of rotatable bonds is 7. The minimum atomic E-state index is -0.636. The number of halogens is 1. The highest BCUT2D eigenvalue weighted by Gasteiger charge is 2.26. The third kappa shape index (κ3) is 4.79. The molecule has 0 atom stereocenters. The predicted octanol–water partition coefficient (Wildman–Crippen LogP) is 3.60. The van der Waals surface area contributed by atoms with E-state index in [0.29, 0.717) is 18.5 Å². The van der Waals surface area contributed by atoms with Crippen molar-refractivity contribution in [2.24, 2.45) is 10.7 Å². The van der Waals surface area contributed by atoms with E-state index in [2.05, 4.69) is 15.0 Å². The smallest absolute Gasteiger partial charge is 0.275 e. The maximum atomic E-state index is 13.7. The molecule has 0 saturated heterocycles. The van der Waals surface area contributed by atoms with Gasteiger partial charge in [-0.05, 0) is 55.2 Å². The molecule has 0 unspecified atom stereocenters. The van der Waals surface area contributed by atoms with Gasteiger partial charge in [-0.3, -0.25) is 19.6 Å². The number of carbonyl (C=O) groups excluding carboxylic acids is 2. The molecule has 0 saturated carbocycles. The van der Waals surface area contributed by atoms with Crippen molar-refractivity contribution in [3.05, 3.63) is 82.7 Å². The van der Waals surface area contributed by atoms with E-state index in [1.807, 2.05) is 32.0 Å². The maximum absolute atomic E-state index is 13.7. The third-order valence-corrected chi connectivity index (χ3v) is 5.77. The lowest BCUT2D eigenvalue weighted by atomic mass is 9.95. The predicted molar refractivity (Wildman–Crippen MR) is 124 cm³/mol. The highest BCUT2D eigenvalue weighted by molar-refractivity contribution is 6.08. The van der Waals surface area contributed by atoms with Gasteiger partial charge >= 0.3 is 0 Å². The lowest BCUT2D eigenvalue weighted by molar-refractivity contribution is -0.118. The Balaban J connectivity index is 1.59. The van der Waals surface area contributed by atoms with E-state index in [1.54, 1.807) is 6.20 Å². The molecule has 2 amide bonds. The van der Waals surface area contributed by atoms with E-state index in [1.165, 1.54) is 29.4 Å². The number of aliphatic imine (C=N–C) groups is 1. The first kappa shape index (κ1) is 22.3. The minimum Gasteiger partial charge on any atom is -0.368 e. The number of hydrogen-bond donors (Lipinski definition) is 1. The largest absolute Gasteiger partial charge is 0.368 e. The first-order valence-electron chi connectivity index (χ1n) is 10.6. The van der Waals surface area contributed by atoms with Crippen LogP contribution >= 0.6 is 0 Å². The summed E-state index contributed by atoms with van der Waals surface area (Å²) in [5, 5.41) is 0. The van der Waals surface area contributed by atoms with Gasteiger partial charge in [0.15, 0.2) is 5.69 Å². The zero-order valence-corrected chi connectivity index (χ0v) is 18.5. The Kier molecular flexibility index (Phi) is 6.26. The van der Waals surface area contributed by atoms with Crippen molar-refractivity contribution in [1.82, 2.24) is 14.9 Å². The summed E-state index contributed by atoms with van der Waals surface area (Å²) in [6.45, 7) is 3.92. The number of carbonyl (C=O) groups is 2. The minimum absolute atomic E-state index is 0.144. The van der Waals surface area contributed by atoms with Gasteiger partial charge in [-0.15, -0.1) is 0 Å². The molecule has 168 valence electrons. The first-order chi connectivity index (χ1) is 15.8. The van der Waals surface area contributed by atoms with Crippen LogP contribution in [-0.2, 0) is 4.79 Å². The summed E-state index contributed by atoms with van der Waals surface area (Å²) >= 11 is 0. The van der Waals surface area contributed by atoms with Crippen molar-refractivity contribution >= 4 is 17.5 Å². The van der Waals surface area contributed by atoms with Crippen LogP contribution in [0.5, 0.6) is 0 Å². The Morgan fingerprint density at radius 3 is 2.70 bits per heavy atom. The van der Waals surface area contributed by atoms with Crippen molar-refractivity contribution < 1.29 is 14.0 Å². The van der Waals surface area contributed by atoms with Gasteiger partial charge in [-0.25, -0.2) is 9.37 Å². The lowest BCUT2D eigenvalue weighted by Gasteiger charge is -2.22. The molecular weight excluding hydrogens is 421 g/mol. The Morgan fingerprint density at radius 2 is 1.94 bits per heavy atom. The monoisotopic (exact) mass is 445 g/mol. The Bertz CT molecular complexity index is 1260. The van der Waals surface area contributed by atoms with E-state index in [4.69, 9.17) is 5.73 Å². The van der Waals surface area contributed by atoms with Crippen molar-refractivity contribution in [2.45, 2.75) is 26.7 Å². The second kappa shape index (κ2) is 9.28. The second-order valence-electron chi connectivity index (χ2n) is 8.08. The van der Waals surface area contributed by atoms with Gasteiger partial charge < -0.3 is 10.6 Å². The van der Waals surface area contributed by atoms with Crippen molar-refractivity contribution in [3.8, 4) is 11.3 Å². The molecule has 2 aromatic rings. The first-order valence-corrected chi connectivity index (χ1v) is 10.6. The average molecular weight is 445 g/mol. The van der Waals surface area contributed by atoms with Crippen LogP contribution in [0.2, 0.25) is 0 Å². The second-order valence-corrected chi connectivity index (χ2v) is 8.08. The van der Waals surface area contributed by atoms with Crippen LogP contribution in [0.25, 0.3) is 11.3 Å². The summed E-state index contributed by atoms with van der Waals surface area (Å²) in [5.41, 5.74) is 11.3. The summed E-state index contributed by atoms with van der Waals surface area (Å²) in [6.07, 6.45) is 8.40. The van der Waals surface area contributed by atoms with E-state index >= 15 is 0 Å². The molecule has 2 aliphatic rings. The highest BCUT2D eigenvalue weighted by atomic mass is 19.1. The highest BCUT2D eigenvalue weighted by Crippen LogP contribution is 2.30. The van der Waals surface area contributed by atoms with Crippen LogP contribution in [0.4, 0.5) is 4.39 Å². The summed E-state index contributed by atoms with van der Waals surface area (Å²) in [7, 11) is 0. The van der Waals surface area contributed by atoms with E-state index in [-0.39, 0.29) is 24.6 Å². The molecule has 8 heteroatoms. The van der Waals surface area contributed by atoms with Gasteiger partial charge in [0.25, 0.3) is 5.91 Å². The molecule has 0 bridgehead atoms. The SMILES string of the molecule is Cc1ccc(-c2nccnc2C(=O)N(CCC2=CN=C3CC=C(F)C=C23)CC(N)=O)cc1C. The molecule has 2 heterocycles. The van der Waals surface area contributed by atoms with Crippen LogP contribution < -0.4 is 5.73 Å². The zero-order valence-electron chi connectivity index (χ0n) is 18.5. The van der Waals surface area contributed by atoms with Crippen molar-refractivity contribution in [2.75, 3.05) is 13.1 Å². The number of amides is 2. The molecule has 0 fully saturated rings. The Hall–Kier alpha value is -3.94. The average Bonchev–Trinajstić information content (AvgIpc) is 3.19. The fraction of sp³-hybridized carbons (Fsp3) is 0.240. The quantitative estimate of drug-likeness (QED) is 0.703. The summed E-state index contributed by atoms with van der Waals surface area (Å²) in [4.78, 5) is 39.5. The van der Waals surface area contributed by atoms with E-state index in [0.717, 1.165) is 33.5 Å². The number of nitrogens with two attached hydrogens (primary N) is 1. The number of aromatic nitrogens is 2. The number of nitrogens with zero attached hydrogens (tertiary/aromatic N) is 4. The van der Waals surface area contributed by atoms with Gasteiger partial charge in [-0.1, -0.05) is 12.1 Å². The molecule has 33 heavy (non-hydrogen) atoms. The fourth-order valence-electron chi connectivity index (χ4n) is 3.85. The molecule has 0 radical (unpaired) electrons. The normalized spacial score (nSPS) is 14.6. The van der Waals surface area contributed by atoms with E-state index in [9.17, 15) is 14.0 Å². The third-order valence-electron chi connectivity index (χ3n) is 5.77. The number of primary amides is 1. The molecule has 2 N–H and O–H groups in total. The van der Waals surface area contributed by atoms with Gasteiger partial charge in [0.1, 0.15) is 11.5 Å². The molecule has 7 nitrogen and oxygen atoms in total. The Labute approximate surface area is 191 Å². The molecule has 1 aromatic heterocycles. The van der Waals surface area contributed by atoms with Crippen LogP contribution in [-0.4, -0.2) is 45.5 Å². The molecule has 0 spiro atoms. The number of aryl methyl sites for hydroxylation is 2. The summed E-state index contributed by atoms with van der Waals surface area (Å²) in [6, 6.07) is 5.81. The van der Waals surface area contributed by atoms with Crippen LogP contribution in [0.15, 0.2) is 70.9 Å². The summed E-state index contributed by atoms with van der Waals surface area (Å²) in [5.74, 6) is -1.39. The van der Waals surface area contributed by atoms with Crippen molar-refractivity contribution in [1.29, 1.82) is 0 Å². The Morgan fingerprint density at radius 1 is 1.15 bits per heavy atom. The molecule has 1 aliphatic heterocycles. The maximum Gasteiger partial charge on any atom is 0.275 e. The fourth-order valence-corrected chi connectivity index (χ4v) is 3.85. The standard InChI is InChI=1S/C25H24FN5O2/c1-15-3-4-17(11-16(15)2)23-24(29-9-8-28-23)25(33)31(14-22(27)32)10-7-18-13-30-21-6-5-19(26)12-20(18)21/h3-5,8-9,11-13H,6-7,10,14H2,1-2H3,(H2,27,32). The molecule has 1 aromatic carbocycles. The number of allylic oxidation sites excluding steroid dienone is 4. The van der Waals surface area contributed by atoms with Crippen LogP contribution in [0.3, 0.4) is 0 Å². The van der Waals surface area contributed by atoms with Crippen LogP contribution in [0, 0.1) is 13.8 Å².